The van der Waals surface area contributed by atoms with E-state index in [-0.39, 0.29) is 0 Å². The normalized spacial score (nSPS) is 38.9. The zero-order valence-corrected chi connectivity index (χ0v) is 12.4. The molecule has 0 saturated heterocycles. The Labute approximate surface area is 121 Å². The first kappa shape index (κ1) is 12.9. The molecule has 4 fully saturated rings. The van der Waals surface area contributed by atoms with Gasteiger partial charge in [0.05, 0.1) is 12.8 Å². The fraction of sp³-hybridized carbons (Fsp3) is 0.765. The van der Waals surface area contributed by atoms with Crippen LogP contribution in [0.25, 0.3) is 0 Å². The summed E-state index contributed by atoms with van der Waals surface area (Å²) in [4.78, 5) is 2.56. The Bertz CT molecular complexity index is 453. The molecule has 1 heterocycles. The first-order valence-corrected chi connectivity index (χ1v) is 8.20. The van der Waals surface area contributed by atoms with Gasteiger partial charge < -0.3 is 10.2 Å². The van der Waals surface area contributed by atoms with Gasteiger partial charge in [0.25, 0.3) is 0 Å². The predicted molar refractivity (Wildman–Crippen MR) is 78.9 cm³/mol. The van der Waals surface area contributed by atoms with Crippen LogP contribution in [0.4, 0.5) is 0 Å². The Balaban J connectivity index is 1.50. The van der Waals surface area contributed by atoms with Crippen molar-refractivity contribution in [2.75, 3.05) is 7.05 Å². The number of hydrogen-bond donors (Lipinski definition) is 1. The summed E-state index contributed by atoms with van der Waals surface area (Å²) in [5.74, 6) is 5.04. The Kier molecular flexibility index (Phi) is 3.15. The lowest BCUT2D eigenvalue weighted by molar-refractivity contribution is -0.0612. The molecule has 1 aromatic rings. The summed E-state index contributed by atoms with van der Waals surface area (Å²) in [5.41, 5.74) is 6.95. The van der Waals surface area contributed by atoms with Gasteiger partial charge in [0.15, 0.2) is 0 Å². The average molecular weight is 274 g/mol. The molecule has 3 heteroatoms. The van der Waals surface area contributed by atoms with E-state index in [1.807, 2.05) is 6.07 Å². The summed E-state index contributed by atoms with van der Waals surface area (Å²) in [6.45, 7) is 1.51. The van der Waals surface area contributed by atoms with E-state index in [1.165, 1.54) is 37.7 Å². The number of nitrogens with zero attached hydrogens (tertiary/aromatic N) is 1. The lowest BCUT2D eigenvalue weighted by atomic mass is 9.54. The summed E-state index contributed by atoms with van der Waals surface area (Å²) < 4.78 is 5.65. The predicted octanol–water partition coefficient (Wildman–Crippen LogP) is 2.99. The maximum Gasteiger partial charge on any atom is 0.122 e. The quantitative estimate of drug-likeness (QED) is 0.918. The van der Waals surface area contributed by atoms with E-state index in [0.717, 1.165) is 42.0 Å². The summed E-state index contributed by atoms with van der Waals surface area (Å²) in [7, 11) is 2.29. The van der Waals surface area contributed by atoms with E-state index in [9.17, 15) is 0 Å². The van der Waals surface area contributed by atoms with Crippen LogP contribution in [0.1, 0.15) is 43.4 Å². The maximum absolute atomic E-state index is 5.79. The molecule has 0 spiro atoms. The largest absolute Gasteiger partial charge is 0.468 e. The van der Waals surface area contributed by atoms with E-state index in [1.54, 1.807) is 6.26 Å². The Morgan fingerprint density at radius 2 is 1.80 bits per heavy atom. The second-order valence-electron chi connectivity index (χ2n) is 7.41. The van der Waals surface area contributed by atoms with Crippen LogP contribution in [-0.2, 0) is 13.1 Å². The Morgan fingerprint density at radius 1 is 1.15 bits per heavy atom. The molecule has 20 heavy (non-hydrogen) atoms. The van der Waals surface area contributed by atoms with Crippen LogP contribution >= 0.6 is 0 Å². The molecule has 110 valence electrons. The van der Waals surface area contributed by atoms with Gasteiger partial charge in [0.1, 0.15) is 5.76 Å². The van der Waals surface area contributed by atoms with E-state index in [4.69, 9.17) is 10.2 Å². The number of furan rings is 1. The molecule has 4 aliphatic carbocycles. The standard InChI is InChI=1S/C17H26N2O/c1-19(10-16-13(9-18)2-3-20-16)17-14-5-11-4-12(7-14)8-15(17)6-11/h2-3,11-12,14-15,17H,4-10,18H2,1H3. The minimum absolute atomic E-state index is 0.585. The molecule has 5 rings (SSSR count). The van der Waals surface area contributed by atoms with Crippen LogP contribution in [0.5, 0.6) is 0 Å². The van der Waals surface area contributed by atoms with Crippen molar-refractivity contribution in [2.45, 2.75) is 51.2 Å². The molecule has 0 unspecified atom stereocenters. The fourth-order valence-electron chi connectivity index (χ4n) is 5.64. The molecule has 4 saturated carbocycles. The molecule has 0 aliphatic heterocycles. The maximum atomic E-state index is 5.79. The van der Waals surface area contributed by atoms with Gasteiger partial charge >= 0.3 is 0 Å². The third-order valence-corrected chi connectivity index (χ3v) is 6.14. The van der Waals surface area contributed by atoms with E-state index < -0.39 is 0 Å². The molecule has 0 aromatic carbocycles. The highest BCUT2D eigenvalue weighted by Gasteiger charge is 2.49. The second-order valence-corrected chi connectivity index (χ2v) is 7.41. The number of nitrogens with two attached hydrogens (primary N) is 1. The minimum atomic E-state index is 0.585. The lowest BCUT2D eigenvalue weighted by Gasteiger charge is -2.56. The molecule has 0 radical (unpaired) electrons. The first-order valence-electron chi connectivity index (χ1n) is 8.20. The molecule has 4 bridgehead atoms. The monoisotopic (exact) mass is 274 g/mol. The van der Waals surface area contributed by atoms with E-state index >= 15 is 0 Å². The van der Waals surface area contributed by atoms with Gasteiger partial charge in [-0.1, -0.05) is 0 Å². The SMILES string of the molecule is CN(Cc1occc1CN)C1C2CC3CC(C2)CC1C3. The summed E-state index contributed by atoms with van der Waals surface area (Å²) in [5, 5.41) is 0. The van der Waals surface area contributed by atoms with Crippen LogP contribution in [-0.4, -0.2) is 18.0 Å². The number of rotatable bonds is 4. The van der Waals surface area contributed by atoms with Crippen LogP contribution in [0.3, 0.4) is 0 Å². The molecule has 0 atom stereocenters. The molecule has 1 aromatic heterocycles. The highest BCUT2D eigenvalue weighted by molar-refractivity contribution is 5.17. The van der Waals surface area contributed by atoms with Crippen molar-refractivity contribution in [1.82, 2.24) is 4.90 Å². The summed E-state index contributed by atoms with van der Waals surface area (Å²) in [6, 6.07) is 2.79. The summed E-state index contributed by atoms with van der Waals surface area (Å²) in [6.07, 6.45) is 9.21. The smallest absolute Gasteiger partial charge is 0.122 e. The van der Waals surface area contributed by atoms with Crippen LogP contribution < -0.4 is 5.73 Å². The van der Waals surface area contributed by atoms with Crippen molar-refractivity contribution in [1.29, 1.82) is 0 Å². The zero-order valence-electron chi connectivity index (χ0n) is 12.4. The first-order chi connectivity index (χ1) is 9.74. The summed E-state index contributed by atoms with van der Waals surface area (Å²) >= 11 is 0. The van der Waals surface area contributed by atoms with Gasteiger partial charge in [-0.3, -0.25) is 4.90 Å². The molecule has 2 N–H and O–H groups in total. The highest BCUT2D eigenvalue weighted by Crippen LogP contribution is 2.55. The van der Waals surface area contributed by atoms with Gasteiger partial charge in [0, 0.05) is 18.2 Å². The minimum Gasteiger partial charge on any atom is -0.468 e. The van der Waals surface area contributed by atoms with Gasteiger partial charge in [-0.25, -0.2) is 0 Å². The van der Waals surface area contributed by atoms with Crippen LogP contribution in [0.15, 0.2) is 16.7 Å². The average Bonchev–Trinajstić information content (AvgIpc) is 2.84. The topological polar surface area (TPSA) is 42.4 Å². The molecule has 3 nitrogen and oxygen atoms in total. The Morgan fingerprint density at radius 3 is 2.40 bits per heavy atom. The molecule has 4 aliphatic rings. The van der Waals surface area contributed by atoms with E-state index in [2.05, 4.69) is 11.9 Å². The highest BCUT2D eigenvalue weighted by atomic mass is 16.3. The van der Waals surface area contributed by atoms with Crippen molar-refractivity contribution in [3.8, 4) is 0 Å². The number of hydrogen-bond acceptors (Lipinski definition) is 3. The lowest BCUT2D eigenvalue weighted by Crippen LogP contribution is -2.54. The van der Waals surface area contributed by atoms with Gasteiger partial charge in [0.2, 0.25) is 0 Å². The molecular formula is C17H26N2O. The third kappa shape index (κ3) is 2.03. The van der Waals surface area contributed by atoms with Crippen molar-refractivity contribution in [3.63, 3.8) is 0 Å². The van der Waals surface area contributed by atoms with Gasteiger partial charge in [-0.2, -0.15) is 0 Å². The van der Waals surface area contributed by atoms with Crippen LogP contribution in [0.2, 0.25) is 0 Å². The molecule has 0 amide bonds. The van der Waals surface area contributed by atoms with Crippen molar-refractivity contribution in [3.05, 3.63) is 23.7 Å². The van der Waals surface area contributed by atoms with E-state index in [0.29, 0.717) is 6.54 Å². The zero-order chi connectivity index (χ0) is 13.7. The van der Waals surface area contributed by atoms with Crippen LogP contribution in [0, 0.1) is 23.7 Å². The third-order valence-electron chi connectivity index (χ3n) is 6.14. The van der Waals surface area contributed by atoms with Crippen molar-refractivity contribution < 1.29 is 4.42 Å². The van der Waals surface area contributed by atoms with Gasteiger partial charge in [-0.15, -0.1) is 0 Å². The van der Waals surface area contributed by atoms with Gasteiger partial charge in [-0.05, 0) is 68.9 Å². The molecular weight excluding hydrogens is 248 g/mol. The fourth-order valence-corrected chi connectivity index (χ4v) is 5.64. The van der Waals surface area contributed by atoms with Crippen molar-refractivity contribution in [2.24, 2.45) is 29.4 Å². The van der Waals surface area contributed by atoms with Crippen molar-refractivity contribution >= 4 is 0 Å². The Hall–Kier alpha value is -0.800. The second kappa shape index (κ2) is 4.88.